The number of β-amino-alcohol motifs (C(OH)–C–C–N with tert-alkyl or cyclic N) is 1. The molecule has 5 aromatic rings. The van der Waals surface area contributed by atoms with Crippen molar-refractivity contribution >= 4 is 57.2 Å². The number of amides is 1. The highest BCUT2D eigenvalue weighted by Crippen LogP contribution is 2.41. The normalized spacial score (nSPS) is 17.6. The van der Waals surface area contributed by atoms with Crippen molar-refractivity contribution in [2.24, 2.45) is 0 Å². The quantitative estimate of drug-likeness (QED) is 0.112. The first-order valence-electron chi connectivity index (χ1n) is 17.2. The highest BCUT2D eigenvalue weighted by molar-refractivity contribution is 6.39. The second-order valence-corrected chi connectivity index (χ2v) is 13.7. The average Bonchev–Trinajstić information content (AvgIpc) is 3.76. The van der Waals surface area contributed by atoms with Gasteiger partial charge in [-0.15, -0.1) is 0 Å². The van der Waals surface area contributed by atoms with Crippen LogP contribution in [0.5, 0.6) is 0 Å². The van der Waals surface area contributed by atoms with Gasteiger partial charge in [0.1, 0.15) is 5.52 Å². The Balaban J connectivity index is 1.10. The molecule has 1 amide bonds. The summed E-state index contributed by atoms with van der Waals surface area (Å²) in [5.41, 5.74) is 5.24. The number of aliphatic hydroxyl groups excluding tert-OH is 3. The van der Waals surface area contributed by atoms with Crippen LogP contribution in [-0.2, 0) is 13.1 Å². The van der Waals surface area contributed by atoms with E-state index < -0.39 is 5.91 Å². The number of aliphatic hydroxyl groups is 3. The van der Waals surface area contributed by atoms with Crippen LogP contribution >= 0.6 is 23.2 Å². The van der Waals surface area contributed by atoms with Crippen molar-refractivity contribution in [2.45, 2.75) is 44.5 Å². The Kier molecular flexibility index (Phi) is 10.8. The molecule has 7 rings (SSSR count). The van der Waals surface area contributed by atoms with Gasteiger partial charge in [0.25, 0.3) is 5.91 Å². The lowest BCUT2D eigenvalue weighted by atomic mass is 10.0. The summed E-state index contributed by atoms with van der Waals surface area (Å²) in [5, 5.41) is 41.6. The fourth-order valence-corrected chi connectivity index (χ4v) is 7.66. The van der Waals surface area contributed by atoms with Crippen LogP contribution in [0.15, 0.2) is 67.0 Å². The number of anilines is 3. The molecular formula is C37H40Cl2N8O4. The standard InChI is InChI=1S/C37H40Cl2N8O4/c38-33-26(4-1-6-28(33)42-36-35-24(9-11-40-36)18-23(20-41-35)21-45-13-10-25(50)22-45)27-5-2-7-29(34(27)39)43-37(51)30-19-32-31(8-3-12-47(32)44-30)46(14-16-48)15-17-49/h1-2,4-7,9,11,18-20,25,31,48-50H,3,8,10,12-17,21-22H2,(H,40,42)(H,43,51)/t25-,31?/m1/s1. The third kappa shape index (κ3) is 7.58. The zero-order valence-electron chi connectivity index (χ0n) is 28.0. The second kappa shape index (κ2) is 15.6. The van der Waals surface area contributed by atoms with Crippen LogP contribution in [0.25, 0.3) is 22.0 Å². The maximum absolute atomic E-state index is 13.5. The molecule has 5 N–H and O–H groups in total. The van der Waals surface area contributed by atoms with E-state index in [0.29, 0.717) is 70.1 Å². The summed E-state index contributed by atoms with van der Waals surface area (Å²) < 4.78 is 1.83. The van der Waals surface area contributed by atoms with Crippen molar-refractivity contribution in [3.05, 3.63) is 94.0 Å². The Bertz CT molecular complexity index is 2040. The fourth-order valence-electron chi connectivity index (χ4n) is 7.11. The lowest BCUT2D eigenvalue weighted by Crippen LogP contribution is -2.36. The predicted octanol–water partition coefficient (Wildman–Crippen LogP) is 5.48. The maximum atomic E-state index is 13.5. The fraction of sp³-hybridized carbons (Fsp3) is 0.351. The SMILES string of the molecule is O=C(Nc1cccc(-c2cccc(Nc3nccc4cc(CN5CC[C@@H](O)C5)cnc34)c2Cl)c1Cl)c1cc2n(n1)CCCC2N(CCO)CCO. The molecule has 0 aliphatic carbocycles. The van der Waals surface area contributed by atoms with E-state index in [4.69, 9.17) is 28.2 Å². The van der Waals surface area contributed by atoms with Gasteiger partial charge in [-0.25, -0.2) is 4.98 Å². The number of hydrogen-bond acceptors (Lipinski definition) is 10. The Morgan fingerprint density at radius 2 is 1.69 bits per heavy atom. The molecule has 1 fully saturated rings. The second-order valence-electron chi connectivity index (χ2n) is 13.0. The lowest BCUT2D eigenvalue weighted by molar-refractivity contribution is 0.102. The number of nitrogens with zero attached hydrogens (tertiary/aromatic N) is 6. The maximum Gasteiger partial charge on any atom is 0.276 e. The number of fused-ring (bicyclic) bond motifs is 2. The molecule has 0 radical (unpaired) electrons. The molecule has 2 aromatic carbocycles. The molecule has 266 valence electrons. The number of benzene rings is 2. The minimum atomic E-state index is -0.400. The number of carbonyl (C=O) groups is 1. The van der Waals surface area contributed by atoms with Crippen molar-refractivity contribution in [1.29, 1.82) is 0 Å². The van der Waals surface area contributed by atoms with Crippen LogP contribution in [0.1, 0.15) is 47.1 Å². The van der Waals surface area contributed by atoms with Crippen LogP contribution in [0, 0.1) is 0 Å². The van der Waals surface area contributed by atoms with E-state index in [-0.39, 0.29) is 31.1 Å². The van der Waals surface area contributed by atoms with Gasteiger partial charge in [0.05, 0.1) is 52.5 Å². The van der Waals surface area contributed by atoms with E-state index in [2.05, 4.69) is 31.7 Å². The summed E-state index contributed by atoms with van der Waals surface area (Å²) in [5.74, 6) is 0.158. The number of pyridine rings is 2. The molecule has 5 heterocycles. The van der Waals surface area contributed by atoms with Crippen molar-refractivity contribution in [2.75, 3.05) is 50.0 Å². The first kappa shape index (κ1) is 35.3. The Hall–Kier alpha value is -4.14. The van der Waals surface area contributed by atoms with Gasteiger partial charge in [0, 0.05) is 68.2 Å². The molecule has 12 nitrogen and oxygen atoms in total. The molecule has 2 aliphatic heterocycles. The van der Waals surface area contributed by atoms with Crippen LogP contribution < -0.4 is 10.6 Å². The zero-order chi connectivity index (χ0) is 35.5. The van der Waals surface area contributed by atoms with Gasteiger partial charge < -0.3 is 26.0 Å². The lowest BCUT2D eigenvalue weighted by Gasteiger charge is -2.33. The molecule has 1 saturated heterocycles. The van der Waals surface area contributed by atoms with E-state index in [1.807, 2.05) is 46.1 Å². The Morgan fingerprint density at radius 1 is 0.941 bits per heavy atom. The van der Waals surface area contributed by atoms with Crippen molar-refractivity contribution in [3.8, 4) is 11.1 Å². The van der Waals surface area contributed by atoms with Crippen molar-refractivity contribution < 1.29 is 20.1 Å². The third-order valence-electron chi connectivity index (χ3n) is 9.55. The van der Waals surface area contributed by atoms with Crippen LogP contribution in [-0.4, -0.2) is 96.3 Å². The number of rotatable bonds is 12. The largest absolute Gasteiger partial charge is 0.395 e. The first-order valence-corrected chi connectivity index (χ1v) is 17.9. The van der Waals surface area contributed by atoms with E-state index >= 15 is 0 Å². The van der Waals surface area contributed by atoms with Crippen molar-refractivity contribution in [3.63, 3.8) is 0 Å². The summed E-state index contributed by atoms with van der Waals surface area (Å²) >= 11 is 14.0. The van der Waals surface area contributed by atoms with Gasteiger partial charge in [-0.1, -0.05) is 47.5 Å². The van der Waals surface area contributed by atoms with Gasteiger partial charge in [-0.2, -0.15) is 5.10 Å². The van der Waals surface area contributed by atoms with E-state index in [1.54, 1.807) is 24.4 Å². The van der Waals surface area contributed by atoms with Gasteiger partial charge >= 0.3 is 0 Å². The number of aryl methyl sites for hydroxylation is 1. The number of hydrogen-bond donors (Lipinski definition) is 5. The van der Waals surface area contributed by atoms with E-state index in [0.717, 1.165) is 49.0 Å². The van der Waals surface area contributed by atoms with Crippen LogP contribution in [0.4, 0.5) is 17.2 Å². The van der Waals surface area contributed by atoms with E-state index in [9.17, 15) is 20.1 Å². The Morgan fingerprint density at radius 3 is 2.41 bits per heavy atom. The minimum Gasteiger partial charge on any atom is -0.395 e. The van der Waals surface area contributed by atoms with Gasteiger partial charge in [0.2, 0.25) is 0 Å². The smallest absolute Gasteiger partial charge is 0.276 e. The zero-order valence-corrected chi connectivity index (χ0v) is 29.5. The van der Waals surface area contributed by atoms with Gasteiger partial charge in [-0.05, 0) is 55.2 Å². The monoisotopic (exact) mass is 730 g/mol. The molecule has 14 heteroatoms. The topological polar surface area (TPSA) is 152 Å². The van der Waals surface area contributed by atoms with Crippen LogP contribution in [0.2, 0.25) is 10.0 Å². The number of carbonyl (C=O) groups excluding carboxylic acids is 1. The molecule has 1 unspecified atom stereocenters. The summed E-state index contributed by atoms with van der Waals surface area (Å²) in [6, 6.07) is 16.7. The van der Waals surface area contributed by atoms with Crippen LogP contribution in [0.3, 0.4) is 0 Å². The average molecular weight is 732 g/mol. The molecule has 51 heavy (non-hydrogen) atoms. The Labute approximate surface area is 305 Å². The molecule has 0 bridgehead atoms. The molecule has 0 saturated carbocycles. The molecule has 3 aromatic heterocycles. The number of likely N-dealkylation sites (tertiary alicyclic amines) is 1. The number of halogens is 2. The third-order valence-corrected chi connectivity index (χ3v) is 10.4. The summed E-state index contributed by atoms with van der Waals surface area (Å²) in [4.78, 5) is 27.0. The van der Waals surface area contributed by atoms with E-state index in [1.165, 1.54) is 0 Å². The minimum absolute atomic E-state index is 0.0273. The highest BCUT2D eigenvalue weighted by Gasteiger charge is 2.29. The first-order chi connectivity index (χ1) is 24.8. The summed E-state index contributed by atoms with van der Waals surface area (Å²) in [6.45, 7) is 3.71. The summed E-state index contributed by atoms with van der Waals surface area (Å²) in [6.07, 6.45) is 5.80. The molecule has 0 spiro atoms. The number of nitrogens with one attached hydrogen (secondary N) is 2. The molecule has 2 aliphatic rings. The number of aromatic nitrogens is 4. The van der Waals surface area contributed by atoms with Crippen molar-refractivity contribution in [1.82, 2.24) is 29.5 Å². The van der Waals surface area contributed by atoms with Gasteiger partial charge in [0.15, 0.2) is 11.5 Å². The van der Waals surface area contributed by atoms with Gasteiger partial charge in [-0.3, -0.25) is 24.3 Å². The summed E-state index contributed by atoms with van der Waals surface area (Å²) in [7, 11) is 0. The highest BCUT2D eigenvalue weighted by atomic mass is 35.5. The predicted molar refractivity (Wildman–Crippen MR) is 199 cm³/mol. The molecular weight excluding hydrogens is 691 g/mol. The molecule has 2 atom stereocenters.